The van der Waals surface area contributed by atoms with E-state index in [9.17, 15) is 9.18 Å². The van der Waals surface area contributed by atoms with Crippen molar-refractivity contribution in [1.82, 2.24) is 5.32 Å². The second-order valence-corrected chi connectivity index (χ2v) is 5.81. The summed E-state index contributed by atoms with van der Waals surface area (Å²) in [6.07, 6.45) is -0.204. The highest BCUT2D eigenvalue weighted by molar-refractivity contribution is 5.81. The van der Waals surface area contributed by atoms with Crippen molar-refractivity contribution in [3.8, 4) is 17.2 Å². The van der Waals surface area contributed by atoms with Crippen LogP contribution in [0.15, 0.2) is 42.5 Å². The third-order valence-corrected chi connectivity index (χ3v) is 4.02. The van der Waals surface area contributed by atoms with E-state index in [0.29, 0.717) is 23.7 Å². The highest BCUT2D eigenvalue weighted by Crippen LogP contribution is 2.29. The minimum Gasteiger partial charge on any atom is -0.497 e. The Balaban J connectivity index is 2.10. The topological polar surface area (TPSA) is 56.8 Å². The van der Waals surface area contributed by atoms with Gasteiger partial charge >= 0.3 is 0 Å². The molecule has 0 aromatic heterocycles. The second-order valence-electron chi connectivity index (χ2n) is 5.81. The van der Waals surface area contributed by atoms with Gasteiger partial charge in [0.2, 0.25) is 0 Å². The Kier molecular flexibility index (Phi) is 6.83. The number of methoxy groups -OCH3 is 2. The molecule has 0 fully saturated rings. The van der Waals surface area contributed by atoms with Crippen LogP contribution in [0.3, 0.4) is 0 Å². The molecule has 1 amide bonds. The van der Waals surface area contributed by atoms with Crippen LogP contribution in [-0.2, 0) is 4.79 Å². The maximum absolute atomic E-state index is 13.0. The first-order valence-corrected chi connectivity index (χ1v) is 8.43. The van der Waals surface area contributed by atoms with Gasteiger partial charge in [0.15, 0.2) is 6.10 Å². The van der Waals surface area contributed by atoms with Gasteiger partial charge in [0.05, 0.1) is 20.3 Å². The highest BCUT2D eigenvalue weighted by Gasteiger charge is 2.22. The van der Waals surface area contributed by atoms with E-state index < -0.39 is 6.10 Å². The number of benzene rings is 2. The normalized spacial score (nSPS) is 12.8. The van der Waals surface area contributed by atoms with E-state index in [1.807, 2.05) is 19.9 Å². The van der Waals surface area contributed by atoms with E-state index in [-0.39, 0.29) is 17.8 Å². The van der Waals surface area contributed by atoms with Crippen LogP contribution < -0.4 is 19.5 Å². The summed E-state index contributed by atoms with van der Waals surface area (Å²) in [4.78, 5) is 12.6. The van der Waals surface area contributed by atoms with Crippen LogP contribution >= 0.6 is 0 Å². The molecule has 0 saturated carbocycles. The van der Waals surface area contributed by atoms with Crippen LogP contribution in [0, 0.1) is 5.82 Å². The molecule has 0 radical (unpaired) electrons. The Bertz CT molecular complexity index is 733. The van der Waals surface area contributed by atoms with Crippen molar-refractivity contribution in [2.75, 3.05) is 14.2 Å². The Morgan fingerprint density at radius 3 is 2.31 bits per heavy atom. The maximum atomic E-state index is 13.0. The lowest BCUT2D eigenvalue weighted by molar-refractivity contribution is -0.128. The SMILES string of the molecule is CCC(Oc1ccc(F)cc1)C(=O)NC(C)c1cc(OC)ccc1OC. The summed E-state index contributed by atoms with van der Waals surface area (Å²) >= 11 is 0. The van der Waals surface area contributed by atoms with Crippen molar-refractivity contribution in [2.24, 2.45) is 0 Å². The van der Waals surface area contributed by atoms with E-state index in [4.69, 9.17) is 14.2 Å². The molecule has 26 heavy (non-hydrogen) atoms. The van der Waals surface area contributed by atoms with Crippen molar-refractivity contribution in [3.05, 3.63) is 53.8 Å². The second kappa shape index (κ2) is 9.08. The van der Waals surface area contributed by atoms with Gasteiger partial charge in [0.1, 0.15) is 23.1 Å². The minimum atomic E-state index is -0.681. The number of halogens is 1. The molecule has 2 rings (SSSR count). The Morgan fingerprint density at radius 1 is 1.08 bits per heavy atom. The molecule has 0 aliphatic carbocycles. The van der Waals surface area contributed by atoms with Crippen molar-refractivity contribution in [1.29, 1.82) is 0 Å². The van der Waals surface area contributed by atoms with Crippen LogP contribution in [0.2, 0.25) is 0 Å². The fraction of sp³-hybridized carbons (Fsp3) is 0.350. The number of rotatable bonds is 8. The molecule has 140 valence electrons. The van der Waals surface area contributed by atoms with E-state index in [1.165, 1.54) is 24.3 Å². The van der Waals surface area contributed by atoms with Gasteiger partial charge in [-0.2, -0.15) is 0 Å². The van der Waals surface area contributed by atoms with Crippen molar-refractivity contribution in [3.63, 3.8) is 0 Å². The summed E-state index contributed by atoms with van der Waals surface area (Å²) in [5, 5.41) is 2.93. The molecule has 0 aliphatic rings. The number of nitrogens with one attached hydrogen (secondary N) is 1. The fourth-order valence-electron chi connectivity index (χ4n) is 2.56. The largest absolute Gasteiger partial charge is 0.497 e. The maximum Gasteiger partial charge on any atom is 0.261 e. The van der Waals surface area contributed by atoms with Gasteiger partial charge in [0.25, 0.3) is 5.91 Å². The van der Waals surface area contributed by atoms with Gasteiger partial charge in [-0.1, -0.05) is 6.92 Å². The lowest BCUT2D eigenvalue weighted by Crippen LogP contribution is -2.39. The highest BCUT2D eigenvalue weighted by atomic mass is 19.1. The molecule has 1 N–H and O–H groups in total. The summed E-state index contributed by atoms with van der Waals surface area (Å²) in [6, 6.07) is 10.7. The average Bonchev–Trinajstić information content (AvgIpc) is 2.66. The summed E-state index contributed by atoms with van der Waals surface area (Å²) in [6.45, 7) is 3.71. The van der Waals surface area contributed by atoms with Crippen LogP contribution in [0.4, 0.5) is 4.39 Å². The van der Waals surface area contributed by atoms with Crippen LogP contribution in [0.5, 0.6) is 17.2 Å². The number of amides is 1. The average molecular weight is 361 g/mol. The minimum absolute atomic E-state index is 0.255. The number of ether oxygens (including phenoxy) is 3. The van der Waals surface area contributed by atoms with E-state index in [1.54, 1.807) is 26.4 Å². The van der Waals surface area contributed by atoms with Gasteiger partial charge in [-0.25, -0.2) is 4.39 Å². The Hall–Kier alpha value is -2.76. The van der Waals surface area contributed by atoms with Crippen molar-refractivity contribution >= 4 is 5.91 Å². The van der Waals surface area contributed by atoms with Gasteiger partial charge in [0, 0.05) is 5.56 Å². The Morgan fingerprint density at radius 2 is 1.73 bits per heavy atom. The number of carbonyl (C=O) groups excluding carboxylic acids is 1. The first-order chi connectivity index (χ1) is 12.5. The van der Waals surface area contributed by atoms with E-state index in [0.717, 1.165) is 5.56 Å². The third-order valence-electron chi connectivity index (χ3n) is 4.02. The van der Waals surface area contributed by atoms with E-state index >= 15 is 0 Å². The zero-order valence-electron chi connectivity index (χ0n) is 15.4. The zero-order valence-corrected chi connectivity index (χ0v) is 15.4. The lowest BCUT2D eigenvalue weighted by Gasteiger charge is -2.22. The summed E-state index contributed by atoms with van der Waals surface area (Å²) in [7, 11) is 3.16. The van der Waals surface area contributed by atoms with Gasteiger partial charge < -0.3 is 19.5 Å². The molecule has 0 spiro atoms. The van der Waals surface area contributed by atoms with Gasteiger partial charge in [-0.3, -0.25) is 4.79 Å². The van der Waals surface area contributed by atoms with Gasteiger partial charge in [-0.05, 0) is 55.8 Å². The predicted octanol–water partition coefficient (Wildman–Crippen LogP) is 3.88. The predicted molar refractivity (Wildman–Crippen MR) is 97.2 cm³/mol. The summed E-state index contributed by atoms with van der Waals surface area (Å²) < 4.78 is 29.3. The summed E-state index contributed by atoms with van der Waals surface area (Å²) in [5.41, 5.74) is 0.803. The van der Waals surface area contributed by atoms with Crippen molar-refractivity contribution in [2.45, 2.75) is 32.4 Å². The summed E-state index contributed by atoms with van der Waals surface area (Å²) in [5.74, 6) is 1.17. The number of hydrogen-bond acceptors (Lipinski definition) is 4. The molecule has 2 aromatic rings. The molecule has 0 aliphatic heterocycles. The fourth-order valence-corrected chi connectivity index (χ4v) is 2.56. The number of carbonyl (C=O) groups is 1. The molecule has 6 heteroatoms. The van der Waals surface area contributed by atoms with Crippen molar-refractivity contribution < 1.29 is 23.4 Å². The Labute approximate surface area is 153 Å². The molecule has 2 aromatic carbocycles. The monoisotopic (exact) mass is 361 g/mol. The lowest BCUT2D eigenvalue weighted by atomic mass is 10.1. The quantitative estimate of drug-likeness (QED) is 0.775. The standard InChI is InChI=1S/C20H24FNO4/c1-5-18(26-15-8-6-14(21)7-9-15)20(23)22-13(2)17-12-16(24-3)10-11-19(17)25-4/h6-13,18H,5H2,1-4H3,(H,22,23). The molecule has 2 atom stereocenters. The molecule has 2 unspecified atom stereocenters. The molecule has 0 heterocycles. The number of hydrogen-bond donors (Lipinski definition) is 1. The van der Waals surface area contributed by atoms with Crippen LogP contribution in [-0.4, -0.2) is 26.2 Å². The molecule has 5 nitrogen and oxygen atoms in total. The smallest absolute Gasteiger partial charge is 0.261 e. The van der Waals surface area contributed by atoms with Crippen LogP contribution in [0.25, 0.3) is 0 Å². The molecule has 0 saturated heterocycles. The third kappa shape index (κ3) is 4.88. The van der Waals surface area contributed by atoms with E-state index in [2.05, 4.69) is 5.32 Å². The zero-order chi connectivity index (χ0) is 19.1. The molecular weight excluding hydrogens is 337 g/mol. The first-order valence-electron chi connectivity index (χ1n) is 8.43. The van der Waals surface area contributed by atoms with Gasteiger partial charge in [-0.15, -0.1) is 0 Å². The first kappa shape index (κ1) is 19.6. The molecular formula is C20H24FNO4. The molecule has 0 bridgehead atoms. The van der Waals surface area contributed by atoms with Crippen LogP contribution in [0.1, 0.15) is 31.9 Å².